The van der Waals surface area contributed by atoms with Gasteiger partial charge in [-0.2, -0.15) is 0 Å². The van der Waals surface area contributed by atoms with Crippen molar-refractivity contribution in [3.05, 3.63) is 35.4 Å². The Kier molecular flexibility index (Phi) is 3.93. The van der Waals surface area contributed by atoms with E-state index in [0.717, 1.165) is 31.4 Å². The maximum Gasteiger partial charge on any atom is 0.341 e. The number of ether oxygens (including phenoxy) is 1. The van der Waals surface area contributed by atoms with Crippen LogP contribution in [0.15, 0.2) is 18.2 Å². The second-order valence-corrected chi connectivity index (χ2v) is 8.23. The topological polar surface area (TPSA) is 43.4 Å². The van der Waals surface area contributed by atoms with E-state index in [1.54, 1.807) is 6.92 Å². The predicted molar refractivity (Wildman–Crippen MR) is 86.8 cm³/mol. The smallest absolute Gasteiger partial charge is 0.341 e. The van der Waals surface area contributed by atoms with Crippen molar-refractivity contribution >= 4 is 11.8 Å². The number of esters is 1. The molecule has 0 N–H and O–H groups in total. The van der Waals surface area contributed by atoms with Crippen molar-refractivity contribution in [3.63, 3.8) is 0 Å². The van der Waals surface area contributed by atoms with Gasteiger partial charge in [0.2, 0.25) is 0 Å². The summed E-state index contributed by atoms with van der Waals surface area (Å²) in [5.74, 6) is -0.815. The van der Waals surface area contributed by atoms with Crippen molar-refractivity contribution in [1.29, 1.82) is 0 Å². The third kappa shape index (κ3) is 2.87. The second-order valence-electron chi connectivity index (χ2n) is 8.23. The van der Waals surface area contributed by atoms with Crippen molar-refractivity contribution in [2.24, 2.45) is 23.2 Å². The van der Waals surface area contributed by atoms with Crippen molar-refractivity contribution in [1.82, 2.24) is 0 Å². The second kappa shape index (κ2) is 5.89. The molecule has 3 nitrogen and oxygen atoms in total. The van der Waals surface area contributed by atoms with E-state index in [1.165, 1.54) is 19.3 Å². The molecule has 0 radical (unpaired) electrons. The Morgan fingerprint density at radius 2 is 1.64 bits per heavy atom. The molecule has 1 aromatic rings. The van der Waals surface area contributed by atoms with Crippen LogP contribution in [0.1, 0.15) is 55.8 Å². The van der Waals surface area contributed by atoms with Crippen LogP contribution in [0.4, 0.5) is 8.78 Å². The third-order valence-corrected chi connectivity index (χ3v) is 6.37. The lowest BCUT2D eigenvalue weighted by atomic mass is 9.48. The first-order valence-corrected chi connectivity index (χ1v) is 9.06. The standard InChI is InChI=1S/C20H22F2O3/c1-11(25-19(24)16-3-2-15(21)7-17(16)22)18(23)20-8-12-4-13(9-20)6-14(5-12)10-20/h2-3,7,11-14H,4-6,8-10H2,1H3/t11-,12?,13?,14?,20?/m1/s1. The quantitative estimate of drug-likeness (QED) is 0.762. The van der Waals surface area contributed by atoms with Crippen molar-refractivity contribution < 1.29 is 23.1 Å². The molecule has 4 fully saturated rings. The Hall–Kier alpha value is -1.78. The first-order valence-electron chi connectivity index (χ1n) is 9.06. The molecule has 4 aliphatic rings. The summed E-state index contributed by atoms with van der Waals surface area (Å²) in [6, 6.07) is 2.70. The summed E-state index contributed by atoms with van der Waals surface area (Å²) in [5, 5.41) is 0. The molecule has 0 amide bonds. The summed E-state index contributed by atoms with van der Waals surface area (Å²) in [4.78, 5) is 25.3. The van der Waals surface area contributed by atoms with Crippen LogP contribution in [0.5, 0.6) is 0 Å². The Labute approximate surface area is 145 Å². The molecule has 5 rings (SSSR count). The van der Waals surface area contributed by atoms with Gasteiger partial charge < -0.3 is 4.74 Å². The highest BCUT2D eigenvalue weighted by Crippen LogP contribution is 2.60. The predicted octanol–water partition coefficient (Wildman–Crippen LogP) is 4.30. The molecule has 0 heterocycles. The van der Waals surface area contributed by atoms with Crippen LogP contribution in [-0.4, -0.2) is 17.9 Å². The Morgan fingerprint density at radius 3 is 2.16 bits per heavy atom. The number of rotatable bonds is 4. The summed E-state index contributed by atoms with van der Waals surface area (Å²) in [6.07, 6.45) is 5.44. The number of carbonyl (C=O) groups excluding carboxylic acids is 2. The van der Waals surface area contributed by atoms with Gasteiger partial charge in [-0.1, -0.05) is 0 Å². The van der Waals surface area contributed by atoms with Crippen LogP contribution in [0.25, 0.3) is 0 Å². The average Bonchev–Trinajstić information content (AvgIpc) is 2.52. The number of carbonyl (C=O) groups is 2. The van der Waals surface area contributed by atoms with E-state index in [4.69, 9.17) is 4.74 Å². The molecule has 4 saturated carbocycles. The maximum atomic E-state index is 13.7. The summed E-state index contributed by atoms with van der Waals surface area (Å²) < 4.78 is 32.0. The van der Waals surface area contributed by atoms with Crippen molar-refractivity contribution in [2.75, 3.05) is 0 Å². The SMILES string of the molecule is C[C@@H](OC(=O)c1ccc(F)cc1F)C(=O)C12CC3CC(CC(C3)C1)C2. The number of hydrogen-bond donors (Lipinski definition) is 0. The summed E-state index contributed by atoms with van der Waals surface area (Å²) in [7, 11) is 0. The minimum atomic E-state index is -0.973. The summed E-state index contributed by atoms with van der Waals surface area (Å²) in [5.41, 5.74) is -0.706. The minimum absolute atomic E-state index is 0.0255. The van der Waals surface area contributed by atoms with Crippen molar-refractivity contribution in [2.45, 2.75) is 51.6 Å². The number of Topliss-reactive ketones (excluding diaryl/α,β-unsaturated/α-hetero) is 1. The van der Waals surface area contributed by atoms with E-state index in [-0.39, 0.29) is 16.8 Å². The molecule has 25 heavy (non-hydrogen) atoms. The van der Waals surface area contributed by atoms with Gasteiger partial charge in [0, 0.05) is 11.5 Å². The molecule has 1 atom stereocenters. The largest absolute Gasteiger partial charge is 0.451 e. The van der Waals surface area contributed by atoms with Crippen molar-refractivity contribution in [3.8, 4) is 0 Å². The Bertz CT molecular complexity index is 692. The van der Waals surface area contributed by atoms with E-state index in [9.17, 15) is 18.4 Å². The lowest BCUT2D eigenvalue weighted by Gasteiger charge is -2.56. The lowest BCUT2D eigenvalue weighted by Crippen LogP contribution is -2.52. The maximum absolute atomic E-state index is 13.7. The number of halogens is 2. The molecule has 5 heteroatoms. The number of hydrogen-bond acceptors (Lipinski definition) is 3. The van der Waals surface area contributed by atoms with Gasteiger partial charge in [0.15, 0.2) is 11.9 Å². The zero-order chi connectivity index (χ0) is 17.8. The van der Waals surface area contributed by atoms with Gasteiger partial charge in [-0.3, -0.25) is 4.79 Å². The highest BCUT2D eigenvalue weighted by Gasteiger charge is 2.55. The van der Waals surface area contributed by atoms with Gasteiger partial charge >= 0.3 is 5.97 Å². The fourth-order valence-electron chi connectivity index (χ4n) is 5.78. The van der Waals surface area contributed by atoms with Gasteiger partial charge in [0.1, 0.15) is 11.6 Å². The molecule has 4 bridgehead atoms. The number of ketones is 1. The van der Waals surface area contributed by atoms with Crippen LogP contribution in [0.3, 0.4) is 0 Å². The van der Waals surface area contributed by atoms with Crippen LogP contribution in [-0.2, 0) is 9.53 Å². The summed E-state index contributed by atoms with van der Waals surface area (Å²) in [6.45, 7) is 1.57. The van der Waals surface area contributed by atoms with E-state index in [2.05, 4.69) is 0 Å². The van der Waals surface area contributed by atoms with E-state index in [1.807, 2.05) is 0 Å². The molecular formula is C20H22F2O3. The molecule has 0 aromatic heterocycles. The highest BCUT2D eigenvalue weighted by atomic mass is 19.1. The van der Waals surface area contributed by atoms with E-state index < -0.39 is 23.7 Å². The van der Waals surface area contributed by atoms with Crippen LogP contribution >= 0.6 is 0 Å². The lowest BCUT2D eigenvalue weighted by molar-refractivity contribution is -0.152. The fourth-order valence-corrected chi connectivity index (χ4v) is 5.78. The van der Waals surface area contributed by atoms with Gasteiger partial charge in [0.25, 0.3) is 0 Å². The molecule has 0 aliphatic heterocycles. The molecule has 0 saturated heterocycles. The molecule has 0 unspecified atom stereocenters. The third-order valence-electron chi connectivity index (χ3n) is 6.37. The van der Waals surface area contributed by atoms with E-state index in [0.29, 0.717) is 23.8 Å². The Morgan fingerprint density at radius 1 is 1.08 bits per heavy atom. The van der Waals surface area contributed by atoms with Crippen LogP contribution < -0.4 is 0 Å². The molecule has 4 aliphatic carbocycles. The Balaban J connectivity index is 1.48. The van der Waals surface area contributed by atoms with Crippen LogP contribution in [0, 0.1) is 34.8 Å². The van der Waals surface area contributed by atoms with Crippen LogP contribution in [0.2, 0.25) is 0 Å². The molecule has 1 aromatic carbocycles. The van der Waals surface area contributed by atoms with Gasteiger partial charge in [-0.05, 0) is 75.3 Å². The fraction of sp³-hybridized carbons (Fsp3) is 0.600. The molecule has 134 valence electrons. The average molecular weight is 348 g/mol. The molecule has 0 spiro atoms. The first kappa shape index (κ1) is 16.7. The van der Waals surface area contributed by atoms with Gasteiger partial charge in [-0.15, -0.1) is 0 Å². The monoisotopic (exact) mass is 348 g/mol. The van der Waals surface area contributed by atoms with E-state index >= 15 is 0 Å². The highest BCUT2D eigenvalue weighted by molar-refractivity contribution is 5.95. The zero-order valence-electron chi connectivity index (χ0n) is 14.3. The zero-order valence-corrected chi connectivity index (χ0v) is 14.3. The normalized spacial score (nSPS) is 34.0. The molecular weight excluding hydrogens is 326 g/mol. The number of benzene rings is 1. The summed E-state index contributed by atoms with van der Waals surface area (Å²) >= 11 is 0. The first-order chi connectivity index (χ1) is 11.9. The van der Waals surface area contributed by atoms with Gasteiger partial charge in [0.05, 0.1) is 5.56 Å². The minimum Gasteiger partial charge on any atom is -0.451 e. The van der Waals surface area contributed by atoms with Gasteiger partial charge in [-0.25, -0.2) is 13.6 Å².